The highest BCUT2D eigenvalue weighted by molar-refractivity contribution is 5.84. The predicted molar refractivity (Wildman–Crippen MR) is 121 cm³/mol. The Morgan fingerprint density at radius 3 is 2.09 bits per heavy atom. The van der Waals surface area contributed by atoms with E-state index >= 15 is 0 Å². The fourth-order valence-electron chi connectivity index (χ4n) is 4.45. The molecule has 8 heteroatoms. The van der Waals surface area contributed by atoms with Crippen molar-refractivity contribution in [1.82, 2.24) is 10.6 Å². The number of benzene rings is 2. The van der Waals surface area contributed by atoms with E-state index in [-0.39, 0.29) is 24.9 Å². The molecule has 0 heterocycles. The normalized spacial score (nSPS) is 17.3. The summed E-state index contributed by atoms with van der Waals surface area (Å²) >= 11 is 0. The van der Waals surface area contributed by atoms with Crippen LogP contribution in [0, 0.1) is 5.92 Å². The van der Waals surface area contributed by atoms with Crippen molar-refractivity contribution in [2.24, 2.45) is 5.92 Å². The molecule has 2 aromatic rings. The molecule has 0 saturated heterocycles. The number of amides is 2. The van der Waals surface area contributed by atoms with Crippen LogP contribution >= 0.6 is 0 Å². The number of rotatable bonds is 9. The summed E-state index contributed by atoms with van der Waals surface area (Å²) in [5.41, 5.74) is 4.51. The molecule has 4 rings (SSSR count). The summed E-state index contributed by atoms with van der Waals surface area (Å²) in [7, 11) is 0. The maximum atomic E-state index is 12.6. The number of hydrogen-bond acceptors (Lipinski definition) is 5. The first-order chi connectivity index (χ1) is 15.8. The Morgan fingerprint density at radius 1 is 1.00 bits per heavy atom. The van der Waals surface area contributed by atoms with Gasteiger partial charge in [0.1, 0.15) is 6.61 Å². The van der Waals surface area contributed by atoms with Crippen LogP contribution in [0.2, 0.25) is 0 Å². The molecular weight excluding hydrogens is 424 g/mol. The zero-order valence-corrected chi connectivity index (χ0v) is 18.4. The highest BCUT2D eigenvalue weighted by atomic mass is 16.5. The molecule has 2 aromatic carbocycles. The van der Waals surface area contributed by atoms with Crippen LogP contribution in [-0.2, 0) is 14.3 Å². The van der Waals surface area contributed by atoms with Gasteiger partial charge in [0.15, 0.2) is 6.04 Å². The lowest BCUT2D eigenvalue weighted by Gasteiger charge is -2.21. The van der Waals surface area contributed by atoms with Crippen molar-refractivity contribution in [3.63, 3.8) is 0 Å². The predicted octanol–water partition coefficient (Wildman–Crippen LogP) is 2.64. The Kier molecular flexibility index (Phi) is 6.65. The van der Waals surface area contributed by atoms with E-state index in [1.165, 1.54) is 6.92 Å². The molecule has 4 N–H and O–H groups in total. The number of aliphatic carboxylic acids is 1. The molecule has 0 spiro atoms. The number of alkyl carbamates (subject to hydrolysis) is 1. The van der Waals surface area contributed by atoms with E-state index in [9.17, 15) is 19.5 Å². The first-order valence-corrected chi connectivity index (χ1v) is 11.2. The molecule has 2 aliphatic rings. The number of aliphatic hydroxyl groups excluding tert-OH is 1. The summed E-state index contributed by atoms with van der Waals surface area (Å²) in [6, 6.07) is 14.3. The van der Waals surface area contributed by atoms with E-state index < -0.39 is 36.2 Å². The molecule has 2 amide bonds. The minimum Gasteiger partial charge on any atom is -0.480 e. The number of carboxylic acids is 1. The van der Waals surface area contributed by atoms with Gasteiger partial charge in [-0.1, -0.05) is 48.5 Å². The fourth-order valence-corrected chi connectivity index (χ4v) is 4.45. The van der Waals surface area contributed by atoms with Crippen molar-refractivity contribution in [2.45, 2.75) is 50.3 Å². The van der Waals surface area contributed by atoms with Crippen LogP contribution in [0.5, 0.6) is 0 Å². The number of carbonyl (C=O) groups is 3. The van der Waals surface area contributed by atoms with Crippen LogP contribution < -0.4 is 10.6 Å². The summed E-state index contributed by atoms with van der Waals surface area (Å²) < 4.78 is 5.57. The first kappa shape index (κ1) is 22.8. The van der Waals surface area contributed by atoms with Crippen LogP contribution in [0.4, 0.5) is 4.79 Å². The van der Waals surface area contributed by atoms with Crippen LogP contribution in [0.25, 0.3) is 11.1 Å². The molecular formula is C25H28N2O6. The summed E-state index contributed by atoms with van der Waals surface area (Å²) in [6.45, 7) is 1.47. The molecule has 0 radical (unpaired) electrons. The molecule has 1 fully saturated rings. The van der Waals surface area contributed by atoms with Crippen molar-refractivity contribution in [1.29, 1.82) is 0 Å². The van der Waals surface area contributed by atoms with Crippen molar-refractivity contribution < 1.29 is 29.3 Å². The minimum absolute atomic E-state index is 0.0619. The molecule has 3 unspecified atom stereocenters. The topological polar surface area (TPSA) is 125 Å². The number of carboxylic acid groups (broad SMARTS) is 1. The highest BCUT2D eigenvalue weighted by Gasteiger charge is 2.36. The van der Waals surface area contributed by atoms with Crippen LogP contribution in [0.1, 0.15) is 43.2 Å². The van der Waals surface area contributed by atoms with E-state index in [1.54, 1.807) is 0 Å². The van der Waals surface area contributed by atoms with Gasteiger partial charge in [-0.05, 0) is 47.9 Å². The Morgan fingerprint density at radius 2 is 1.58 bits per heavy atom. The Bertz CT molecular complexity index is 1000. The van der Waals surface area contributed by atoms with Gasteiger partial charge in [-0.15, -0.1) is 0 Å². The average molecular weight is 453 g/mol. The monoisotopic (exact) mass is 452 g/mol. The molecule has 8 nitrogen and oxygen atoms in total. The van der Waals surface area contributed by atoms with Crippen molar-refractivity contribution in [2.75, 3.05) is 6.61 Å². The van der Waals surface area contributed by atoms with Gasteiger partial charge in [-0.25, -0.2) is 9.59 Å². The van der Waals surface area contributed by atoms with Gasteiger partial charge >= 0.3 is 12.1 Å². The number of aliphatic hydroxyl groups is 1. The quantitative estimate of drug-likeness (QED) is 0.464. The molecule has 1 saturated carbocycles. The second-order valence-corrected chi connectivity index (χ2v) is 8.74. The summed E-state index contributed by atoms with van der Waals surface area (Å²) in [5.74, 6) is -1.77. The fraction of sp³-hybridized carbons (Fsp3) is 0.400. The van der Waals surface area contributed by atoms with Gasteiger partial charge in [0, 0.05) is 18.4 Å². The Hall–Kier alpha value is -3.39. The second kappa shape index (κ2) is 9.62. The SMILES string of the molecule is CC(O)C(NC(=O)CC(NC(=O)OCC1c2ccccc2-c2ccccc21)C1CC1)C(=O)O. The van der Waals surface area contributed by atoms with E-state index in [1.807, 2.05) is 36.4 Å². The lowest BCUT2D eigenvalue weighted by atomic mass is 9.98. The summed E-state index contributed by atoms with van der Waals surface area (Å²) in [5, 5.41) is 23.8. The maximum absolute atomic E-state index is 12.6. The molecule has 33 heavy (non-hydrogen) atoms. The number of fused-ring (bicyclic) bond motifs is 3. The standard InChI is InChI=1S/C25H28N2O6/c1-14(28)23(24(30)31)27-22(29)12-21(15-10-11-15)26-25(32)33-13-20-18-8-4-2-6-16(18)17-7-3-5-9-19(17)20/h2-9,14-15,20-21,23,28H,10-13H2,1H3,(H,26,32)(H,27,29)(H,30,31). The van der Waals surface area contributed by atoms with Crippen LogP contribution in [0.3, 0.4) is 0 Å². The molecule has 0 aliphatic heterocycles. The first-order valence-electron chi connectivity index (χ1n) is 11.2. The Balaban J connectivity index is 1.36. The van der Waals surface area contributed by atoms with Gasteiger partial charge in [0.2, 0.25) is 5.91 Å². The zero-order chi connectivity index (χ0) is 23.5. The van der Waals surface area contributed by atoms with Gasteiger partial charge < -0.3 is 25.6 Å². The zero-order valence-electron chi connectivity index (χ0n) is 18.4. The smallest absolute Gasteiger partial charge is 0.407 e. The van der Waals surface area contributed by atoms with Crippen LogP contribution in [-0.4, -0.2) is 53.0 Å². The highest BCUT2D eigenvalue weighted by Crippen LogP contribution is 2.44. The van der Waals surface area contributed by atoms with Crippen molar-refractivity contribution >= 4 is 18.0 Å². The number of carbonyl (C=O) groups excluding carboxylic acids is 2. The lowest BCUT2D eigenvalue weighted by Crippen LogP contribution is -2.49. The third-order valence-electron chi connectivity index (χ3n) is 6.31. The molecule has 0 bridgehead atoms. The van der Waals surface area contributed by atoms with E-state index in [2.05, 4.69) is 22.8 Å². The maximum Gasteiger partial charge on any atom is 0.407 e. The number of nitrogens with one attached hydrogen (secondary N) is 2. The average Bonchev–Trinajstić information content (AvgIpc) is 3.58. The van der Waals surface area contributed by atoms with E-state index in [0.717, 1.165) is 35.1 Å². The Labute approximate surface area is 192 Å². The van der Waals surface area contributed by atoms with Gasteiger partial charge in [-0.3, -0.25) is 4.79 Å². The van der Waals surface area contributed by atoms with Crippen LogP contribution in [0.15, 0.2) is 48.5 Å². The van der Waals surface area contributed by atoms with Gasteiger partial charge in [-0.2, -0.15) is 0 Å². The second-order valence-electron chi connectivity index (χ2n) is 8.74. The van der Waals surface area contributed by atoms with Crippen molar-refractivity contribution in [3.05, 3.63) is 59.7 Å². The third-order valence-corrected chi connectivity index (χ3v) is 6.31. The summed E-state index contributed by atoms with van der Waals surface area (Å²) in [4.78, 5) is 36.1. The number of ether oxygens (including phenoxy) is 1. The largest absolute Gasteiger partial charge is 0.480 e. The summed E-state index contributed by atoms with van der Waals surface area (Å²) in [6.07, 6.45) is -0.167. The van der Waals surface area contributed by atoms with Gasteiger partial charge in [0.25, 0.3) is 0 Å². The van der Waals surface area contributed by atoms with E-state index in [0.29, 0.717) is 0 Å². The molecule has 3 atom stereocenters. The van der Waals surface area contributed by atoms with E-state index in [4.69, 9.17) is 9.84 Å². The third kappa shape index (κ3) is 5.17. The number of hydrogen-bond donors (Lipinski definition) is 4. The molecule has 174 valence electrons. The lowest BCUT2D eigenvalue weighted by molar-refractivity contribution is -0.144. The minimum atomic E-state index is -1.40. The van der Waals surface area contributed by atoms with Crippen molar-refractivity contribution in [3.8, 4) is 11.1 Å². The molecule has 2 aliphatic carbocycles. The molecule has 0 aromatic heterocycles. The van der Waals surface area contributed by atoms with Gasteiger partial charge in [0.05, 0.1) is 6.10 Å².